The molecule has 2 unspecified atom stereocenters. The number of hydrogen-bond acceptors (Lipinski definition) is 6. The van der Waals surface area contributed by atoms with E-state index in [4.69, 9.17) is 5.14 Å². The van der Waals surface area contributed by atoms with Gasteiger partial charge in [-0.2, -0.15) is 0 Å². The van der Waals surface area contributed by atoms with Gasteiger partial charge >= 0.3 is 5.70 Å². The van der Waals surface area contributed by atoms with Crippen LogP contribution in [0, 0.1) is 0 Å². The Labute approximate surface area is 125 Å². The molecule has 3 N–H and O–H groups in total. The zero-order valence-electron chi connectivity index (χ0n) is 10.8. The average molecular weight is 339 g/mol. The molecule has 0 amide bonds. The molecule has 5 nitrogen and oxygen atoms in total. The van der Waals surface area contributed by atoms with Gasteiger partial charge < -0.3 is 4.55 Å². The minimum absolute atomic E-state index is 0.456. The lowest BCUT2D eigenvalue weighted by molar-refractivity contribution is 0.509. The van der Waals surface area contributed by atoms with Crippen molar-refractivity contribution >= 4 is 40.2 Å². The molecule has 0 aliphatic rings. The van der Waals surface area contributed by atoms with Crippen molar-refractivity contribution in [3.8, 4) is 0 Å². The van der Waals surface area contributed by atoms with Crippen LogP contribution in [0.3, 0.4) is 0 Å². The third-order valence-corrected chi connectivity index (χ3v) is 11.3. The quantitative estimate of drug-likeness (QED) is 0.428. The van der Waals surface area contributed by atoms with Gasteiger partial charge in [0, 0.05) is 23.1 Å². The third-order valence-electron chi connectivity index (χ3n) is 2.16. The van der Waals surface area contributed by atoms with Crippen LogP contribution in [-0.4, -0.2) is 22.2 Å². The van der Waals surface area contributed by atoms with E-state index in [1.54, 1.807) is 19.2 Å². The summed E-state index contributed by atoms with van der Waals surface area (Å²) in [6.45, 7) is 2.41. The summed E-state index contributed by atoms with van der Waals surface area (Å²) in [7, 11) is 1.67. The van der Waals surface area contributed by atoms with Gasteiger partial charge in [-0.25, -0.2) is 0 Å². The molecule has 0 aromatic heterocycles. The Balaban J connectivity index is 3.02. The smallest absolute Gasteiger partial charge is 0.325 e. The standard InChI is InChI=1S/C10H18N3O2PS3/c1-3-9-13(16(14,17-11)18-12-2)19(15)10-7-5-4-6-8-10/h4-8,12H,3,9,11H2,1-2H3. The minimum Gasteiger partial charge on any atom is -0.592 e. The van der Waals surface area contributed by atoms with Gasteiger partial charge in [0.2, 0.25) is 0 Å². The normalized spacial score (nSPS) is 16.3. The monoisotopic (exact) mass is 339 g/mol. The average Bonchev–Trinajstić information content (AvgIpc) is 2.45. The SMILES string of the molecule is CCCN([S+]([O-])c1ccccc1)P(=O)(SN)SNC. The number of nitrogens with zero attached hydrogens (tertiary/aromatic N) is 1. The lowest BCUT2D eigenvalue weighted by Gasteiger charge is -2.28. The molecular weight excluding hydrogens is 321 g/mol. The highest BCUT2D eigenvalue weighted by Crippen LogP contribution is 2.69. The van der Waals surface area contributed by atoms with E-state index < -0.39 is 17.1 Å². The maximum Gasteiger partial charge on any atom is 0.325 e. The van der Waals surface area contributed by atoms with E-state index in [-0.39, 0.29) is 0 Å². The van der Waals surface area contributed by atoms with Crippen LogP contribution in [-0.2, 0) is 15.9 Å². The van der Waals surface area contributed by atoms with Crippen molar-refractivity contribution in [2.45, 2.75) is 18.2 Å². The summed E-state index contributed by atoms with van der Waals surface area (Å²) in [5, 5.41) is 5.56. The fraction of sp³-hybridized carbons (Fsp3) is 0.400. The second kappa shape index (κ2) is 8.59. The highest BCUT2D eigenvalue weighted by Gasteiger charge is 2.40. The lowest BCUT2D eigenvalue weighted by atomic mass is 10.4. The predicted octanol–water partition coefficient (Wildman–Crippen LogP) is 3.00. The van der Waals surface area contributed by atoms with Crippen molar-refractivity contribution < 1.29 is 9.12 Å². The van der Waals surface area contributed by atoms with E-state index in [1.807, 2.05) is 25.1 Å². The van der Waals surface area contributed by atoms with E-state index in [1.165, 1.54) is 4.08 Å². The molecule has 0 radical (unpaired) electrons. The molecule has 2 atom stereocenters. The Kier molecular flexibility index (Phi) is 7.86. The summed E-state index contributed by atoms with van der Waals surface area (Å²) >= 11 is 0.300. The Morgan fingerprint density at radius 2 is 2.11 bits per heavy atom. The third kappa shape index (κ3) is 4.68. The molecule has 0 aliphatic heterocycles. The van der Waals surface area contributed by atoms with Crippen LogP contribution < -0.4 is 9.86 Å². The molecule has 0 heterocycles. The molecule has 1 rings (SSSR count). The Morgan fingerprint density at radius 3 is 2.58 bits per heavy atom. The first-order chi connectivity index (χ1) is 9.09. The first-order valence-electron chi connectivity index (χ1n) is 5.67. The van der Waals surface area contributed by atoms with Crippen molar-refractivity contribution in [1.29, 1.82) is 0 Å². The van der Waals surface area contributed by atoms with Crippen molar-refractivity contribution in [2.75, 3.05) is 13.6 Å². The molecule has 0 fully saturated rings. The molecule has 0 saturated carbocycles. The van der Waals surface area contributed by atoms with Gasteiger partial charge in [-0.05, 0) is 29.7 Å². The zero-order chi connectivity index (χ0) is 14.3. The molecule has 0 aliphatic carbocycles. The number of benzene rings is 1. The number of rotatable bonds is 8. The minimum atomic E-state index is -3.02. The molecule has 0 spiro atoms. The van der Waals surface area contributed by atoms with E-state index >= 15 is 0 Å². The first-order valence-corrected chi connectivity index (χ1v) is 11.3. The second-order valence-corrected chi connectivity index (χ2v) is 12.3. The topological polar surface area (TPSA) is 81.4 Å². The van der Waals surface area contributed by atoms with Crippen molar-refractivity contribution in [2.24, 2.45) is 5.14 Å². The summed E-state index contributed by atoms with van der Waals surface area (Å²) in [5.41, 5.74) is -3.02. The van der Waals surface area contributed by atoms with Crippen LogP contribution in [0.4, 0.5) is 0 Å². The maximum absolute atomic E-state index is 12.8. The summed E-state index contributed by atoms with van der Waals surface area (Å²) in [5.74, 6) is 0. The van der Waals surface area contributed by atoms with Crippen LogP contribution in [0.15, 0.2) is 35.2 Å². The summed E-state index contributed by atoms with van der Waals surface area (Å²) in [6.07, 6.45) is 0.743. The Hall–Kier alpha value is 0.340. The second-order valence-electron chi connectivity index (χ2n) is 3.51. The van der Waals surface area contributed by atoms with Crippen LogP contribution in [0.25, 0.3) is 0 Å². The van der Waals surface area contributed by atoms with Crippen LogP contribution in [0.2, 0.25) is 0 Å². The molecular formula is C10H18N3O2PS3. The largest absolute Gasteiger partial charge is 0.592 e. The molecule has 9 heteroatoms. The van der Waals surface area contributed by atoms with E-state index in [2.05, 4.69) is 4.72 Å². The molecule has 108 valence electrons. The fourth-order valence-corrected chi connectivity index (χ4v) is 8.98. The predicted molar refractivity (Wildman–Crippen MR) is 85.9 cm³/mol. The highest BCUT2D eigenvalue weighted by molar-refractivity contribution is 8.89. The number of nitrogens with one attached hydrogen (secondary N) is 1. The molecule has 19 heavy (non-hydrogen) atoms. The van der Waals surface area contributed by atoms with E-state index in [0.29, 0.717) is 11.4 Å². The first kappa shape index (κ1) is 17.4. The van der Waals surface area contributed by atoms with Gasteiger partial charge in [0.05, 0.1) is 17.9 Å². The number of hydrogen-bond donors (Lipinski definition) is 2. The summed E-state index contributed by atoms with van der Waals surface area (Å²) < 4.78 is 29.6. The molecule has 0 saturated heterocycles. The zero-order valence-corrected chi connectivity index (χ0v) is 14.2. The van der Waals surface area contributed by atoms with Crippen molar-refractivity contribution in [3.05, 3.63) is 30.3 Å². The molecule has 1 aromatic carbocycles. The Bertz CT molecular complexity index is 424. The van der Waals surface area contributed by atoms with Gasteiger partial charge in [0.25, 0.3) is 0 Å². The van der Waals surface area contributed by atoms with E-state index in [0.717, 1.165) is 29.6 Å². The van der Waals surface area contributed by atoms with Crippen LogP contribution >= 0.6 is 28.8 Å². The van der Waals surface area contributed by atoms with Gasteiger partial charge in [-0.15, -0.1) is 0 Å². The van der Waals surface area contributed by atoms with Crippen LogP contribution in [0.5, 0.6) is 0 Å². The summed E-state index contributed by atoms with van der Waals surface area (Å²) in [4.78, 5) is 0.627. The molecule has 1 aromatic rings. The Morgan fingerprint density at radius 1 is 1.47 bits per heavy atom. The maximum atomic E-state index is 12.8. The lowest BCUT2D eigenvalue weighted by Crippen LogP contribution is -2.28. The van der Waals surface area contributed by atoms with E-state index in [9.17, 15) is 9.12 Å². The van der Waals surface area contributed by atoms with Crippen molar-refractivity contribution in [1.82, 2.24) is 8.80 Å². The van der Waals surface area contributed by atoms with Gasteiger partial charge in [0.15, 0.2) is 4.90 Å². The van der Waals surface area contributed by atoms with Crippen molar-refractivity contribution in [3.63, 3.8) is 0 Å². The van der Waals surface area contributed by atoms with Gasteiger partial charge in [-0.1, -0.05) is 25.1 Å². The van der Waals surface area contributed by atoms with Gasteiger partial charge in [0.1, 0.15) is 0 Å². The fourth-order valence-electron chi connectivity index (χ4n) is 1.38. The summed E-state index contributed by atoms with van der Waals surface area (Å²) in [6, 6.07) is 8.99. The number of nitrogens with two attached hydrogens (primary N) is 1. The molecule has 0 bridgehead atoms. The highest BCUT2D eigenvalue weighted by atomic mass is 33.1. The van der Waals surface area contributed by atoms with Gasteiger partial charge in [-0.3, -0.25) is 14.4 Å². The van der Waals surface area contributed by atoms with Crippen LogP contribution in [0.1, 0.15) is 13.3 Å².